The topological polar surface area (TPSA) is 29.9 Å². The van der Waals surface area contributed by atoms with Gasteiger partial charge in [-0.15, -0.1) is 0 Å². The van der Waals surface area contributed by atoms with Crippen LogP contribution in [0.5, 0.6) is 0 Å². The third kappa shape index (κ3) is 2.52. The lowest BCUT2D eigenvalue weighted by Crippen LogP contribution is -2.20. The summed E-state index contributed by atoms with van der Waals surface area (Å²) in [7, 11) is 0. The average Bonchev–Trinajstić information content (AvgIpc) is 3.07. The molecule has 102 valence electrons. The zero-order valence-corrected chi connectivity index (χ0v) is 11.9. The van der Waals surface area contributed by atoms with Gasteiger partial charge in [0.1, 0.15) is 5.82 Å². The van der Waals surface area contributed by atoms with Crippen molar-refractivity contribution in [2.75, 3.05) is 0 Å². The summed E-state index contributed by atoms with van der Waals surface area (Å²) in [6, 6.07) is 9.13. The third-order valence-corrected chi connectivity index (χ3v) is 4.15. The summed E-state index contributed by atoms with van der Waals surface area (Å²) in [5.41, 5.74) is 2.37. The Labute approximate surface area is 115 Å². The molecule has 0 radical (unpaired) electrons. The Hall–Kier alpha value is -1.35. The number of hydrogen-bond donors (Lipinski definition) is 1. The fourth-order valence-electron chi connectivity index (χ4n) is 3.02. The maximum absolute atomic E-state index is 4.75. The van der Waals surface area contributed by atoms with Gasteiger partial charge in [0.05, 0.1) is 17.6 Å². The van der Waals surface area contributed by atoms with E-state index in [2.05, 4.69) is 48.0 Å². The van der Waals surface area contributed by atoms with Crippen LogP contribution in [0.1, 0.15) is 38.9 Å². The first-order chi connectivity index (χ1) is 9.33. The van der Waals surface area contributed by atoms with Crippen LogP contribution in [-0.4, -0.2) is 15.6 Å². The molecule has 1 aromatic heterocycles. The highest BCUT2D eigenvalue weighted by molar-refractivity contribution is 5.75. The molecule has 1 fully saturated rings. The van der Waals surface area contributed by atoms with Crippen LogP contribution >= 0.6 is 0 Å². The van der Waals surface area contributed by atoms with E-state index in [-0.39, 0.29) is 0 Å². The lowest BCUT2D eigenvalue weighted by atomic mass is 10.2. The van der Waals surface area contributed by atoms with Crippen LogP contribution in [-0.2, 0) is 13.1 Å². The second-order valence-corrected chi connectivity index (χ2v) is 5.53. The lowest BCUT2D eigenvalue weighted by molar-refractivity contribution is 0.571. The van der Waals surface area contributed by atoms with Crippen molar-refractivity contribution >= 4 is 11.0 Å². The molecule has 2 unspecified atom stereocenters. The van der Waals surface area contributed by atoms with Crippen molar-refractivity contribution in [1.82, 2.24) is 14.9 Å². The van der Waals surface area contributed by atoms with Crippen LogP contribution in [0.25, 0.3) is 11.0 Å². The molecule has 2 aromatic rings. The van der Waals surface area contributed by atoms with E-state index < -0.39 is 0 Å². The molecule has 0 aliphatic heterocycles. The monoisotopic (exact) mass is 257 g/mol. The van der Waals surface area contributed by atoms with Crippen LogP contribution in [0.3, 0.4) is 0 Å². The molecule has 19 heavy (non-hydrogen) atoms. The van der Waals surface area contributed by atoms with E-state index in [0.29, 0.717) is 0 Å². The van der Waals surface area contributed by atoms with Crippen molar-refractivity contribution in [1.29, 1.82) is 0 Å². The van der Waals surface area contributed by atoms with Gasteiger partial charge in [-0.25, -0.2) is 4.98 Å². The lowest BCUT2D eigenvalue weighted by Gasteiger charge is -2.07. The van der Waals surface area contributed by atoms with E-state index in [1.165, 1.54) is 30.6 Å². The van der Waals surface area contributed by atoms with Crippen molar-refractivity contribution < 1.29 is 0 Å². The third-order valence-electron chi connectivity index (χ3n) is 4.15. The van der Waals surface area contributed by atoms with E-state index in [0.717, 1.165) is 30.6 Å². The second-order valence-electron chi connectivity index (χ2n) is 5.53. The summed E-state index contributed by atoms with van der Waals surface area (Å²) >= 11 is 0. The number of benzene rings is 1. The van der Waals surface area contributed by atoms with E-state index >= 15 is 0 Å². The molecule has 0 saturated heterocycles. The van der Waals surface area contributed by atoms with Gasteiger partial charge in [0.2, 0.25) is 0 Å². The van der Waals surface area contributed by atoms with Gasteiger partial charge >= 0.3 is 0 Å². The highest BCUT2D eigenvalue weighted by atomic mass is 15.1. The smallest absolute Gasteiger partial charge is 0.123 e. The molecule has 1 N–H and O–H groups in total. The molecule has 0 bridgehead atoms. The highest BCUT2D eigenvalue weighted by Crippen LogP contribution is 2.34. The van der Waals surface area contributed by atoms with Crippen LogP contribution < -0.4 is 5.32 Å². The molecule has 1 aliphatic carbocycles. The summed E-state index contributed by atoms with van der Waals surface area (Å²) in [6.45, 7) is 6.34. The van der Waals surface area contributed by atoms with E-state index in [1.807, 2.05) is 0 Å². The number of hydrogen-bond acceptors (Lipinski definition) is 2. The Balaban J connectivity index is 1.71. The Morgan fingerprint density at radius 2 is 2.16 bits per heavy atom. The summed E-state index contributed by atoms with van der Waals surface area (Å²) in [5, 5.41) is 3.66. The highest BCUT2D eigenvalue weighted by Gasteiger charge is 2.35. The van der Waals surface area contributed by atoms with Gasteiger partial charge in [0.15, 0.2) is 0 Å². The standard InChI is InChI=1S/C16H23N3/c1-3-7-12-10-14(12)17-11-16-18-13-8-5-6-9-15(13)19(16)4-2/h5-6,8-9,12,14,17H,3-4,7,10-11H2,1-2H3. The fraction of sp³-hybridized carbons (Fsp3) is 0.562. The van der Waals surface area contributed by atoms with Gasteiger partial charge in [-0.2, -0.15) is 0 Å². The first-order valence-corrected chi connectivity index (χ1v) is 7.51. The fourth-order valence-corrected chi connectivity index (χ4v) is 3.02. The average molecular weight is 257 g/mol. The predicted molar refractivity (Wildman–Crippen MR) is 79.0 cm³/mol. The van der Waals surface area contributed by atoms with Gasteiger partial charge in [-0.1, -0.05) is 25.5 Å². The zero-order chi connectivity index (χ0) is 13.2. The molecular formula is C16H23N3. The van der Waals surface area contributed by atoms with E-state index in [9.17, 15) is 0 Å². The predicted octanol–water partition coefficient (Wildman–Crippen LogP) is 3.33. The number of fused-ring (bicyclic) bond motifs is 1. The van der Waals surface area contributed by atoms with Gasteiger partial charge in [0, 0.05) is 12.6 Å². The Kier molecular flexibility index (Phi) is 3.56. The van der Waals surface area contributed by atoms with Gasteiger partial charge < -0.3 is 9.88 Å². The molecule has 3 heteroatoms. The largest absolute Gasteiger partial charge is 0.327 e. The molecule has 0 spiro atoms. The number of imidazole rings is 1. The Bertz CT molecular complexity index is 558. The minimum Gasteiger partial charge on any atom is -0.327 e. The molecule has 2 atom stereocenters. The first-order valence-electron chi connectivity index (χ1n) is 7.51. The zero-order valence-electron chi connectivity index (χ0n) is 11.9. The quantitative estimate of drug-likeness (QED) is 0.860. The number of rotatable bonds is 6. The number of aryl methyl sites for hydroxylation is 1. The Morgan fingerprint density at radius 3 is 2.95 bits per heavy atom. The molecule has 3 rings (SSSR count). The molecular weight excluding hydrogens is 234 g/mol. The van der Waals surface area contributed by atoms with E-state index in [1.54, 1.807) is 0 Å². The van der Waals surface area contributed by atoms with Crippen molar-refractivity contribution in [2.45, 2.75) is 52.2 Å². The molecule has 1 heterocycles. The maximum atomic E-state index is 4.75. The molecule has 3 nitrogen and oxygen atoms in total. The van der Waals surface area contributed by atoms with Crippen LogP contribution in [0, 0.1) is 5.92 Å². The number of nitrogens with one attached hydrogen (secondary N) is 1. The first kappa shape index (κ1) is 12.7. The summed E-state index contributed by atoms with van der Waals surface area (Å²) in [6.07, 6.45) is 4.01. The SMILES string of the molecule is CCCC1CC1NCc1nc2ccccc2n1CC. The second kappa shape index (κ2) is 5.33. The van der Waals surface area contributed by atoms with Crippen molar-refractivity contribution in [3.05, 3.63) is 30.1 Å². The normalized spacial score (nSPS) is 22.0. The van der Waals surface area contributed by atoms with Crippen LogP contribution in [0.15, 0.2) is 24.3 Å². The summed E-state index contributed by atoms with van der Waals surface area (Å²) in [5.74, 6) is 2.08. The number of nitrogens with zero attached hydrogens (tertiary/aromatic N) is 2. The minimum absolute atomic E-state index is 0.727. The van der Waals surface area contributed by atoms with E-state index in [4.69, 9.17) is 4.98 Å². The molecule has 0 amide bonds. The summed E-state index contributed by atoms with van der Waals surface area (Å²) < 4.78 is 2.32. The van der Waals surface area contributed by atoms with Crippen molar-refractivity contribution in [2.24, 2.45) is 5.92 Å². The number of para-hydroxylation sites is 2. The molecule has 1 aromatic carbocycles. The molecule has 1 saturated carbocycles. The van der Waals surface area contributed by atoms with Crippen molar-refractivity contribution in [3.8, 4) is 0 Å². The van der Waals surface area contributed by atoms with Gasteiger partial charge in [-0.05, 0) is 37.8 Å². The summed E-state index contributed by atoms with van der Waals surface area (Å²) in [4.78, 5) is 4.75. The Morgan fingerprint density at radius 1 is 1.32 bits per heavy atom. The van der Waals surface area contributed by atoms with Crippen molar-refractivity contribution in [3.63, 3.8) is 0 Å². The van der Waals surface area contributed by atoms with Crippen LogP contribution in [0.4, 0.5) is 0 Å². The maximum Gasteiger partial charge on any atom is 0.123 e. The molecule has 1 aliphatic rings. The van der Waals surface area contributed by atoms with Crippen LogP contribution in [0.2, 0.25) is 0 Å². The number of aromatic nitrogens is 2. The minimum atomic E-state index is 0.727. The van der Waals surface area contributed by atoms with Gasteiger partial charge in [-0.3, -0.25) is 0 Å². The van der Waals surface area contributed by atoms with Gasteiger partial charge in [0.25, 0.3) is 0 Å².